The van der Waals surface area contributed by atoms with Crippen LogP contribution in [0.2, 0.25) is 0 Å². The van der Waals surface area contributed by atoms with Crippen LogP contribution in [-0.2, 0) is 4.79 Å². The van der Waals surface area contributed by atoms with Crippen LogP contribution >= 0.6 is 0 Å². The van der Waals surface area contributed by atoms with E-state index in [0.717, 1.165) is 24.1 Å². The first-order valence-corrected chi connectivity index (χ1v) is 6.82. The molecule has 5 heteroatoms. The Morgan fingerprint density at radius 1 is 1.45 bits per heavy atom. The number of anilines is 1. The van der Waals surface area contributed by atoms with Crippen LogP contribution in [0.5, 0.6) is 0 Å². The number of carboxylic acid groups (broad SMARTS) is 1. The molecule has 1 aliphatic heterocycles. The van der Waals surface area contributed by atoms with Gasteiger partial charge in [0, 0.05) is 25.3 Å². The third-order valence-corrected chi connectivity index (χ3v) is 3.71. The second kappa shape index (κ2) is 5.94. The highest BCUT2D eigenvalue weighted by Crippen LogP contribution is 2.24. The number of likely N-dealkylation sites (tertiary alicyclic amines) is 1. The molecule has 0 spiro atoms. The SMILES string of the molecule is Cc1cccc(N(C)C(=O)N2CCCC2CC(=O)O)c1. The van der Waals surface area contributed by atoms with Crippen molar-refractivity contribution in [2.24, 2.45) is 0 Å². The highest BCUT2D eigenvalue weighted by atomic mass is 16.4. The van der Waals surface area contributed by atoms with Crippen LogP contribution in [-0.4, -0.2) is 41.6 Å². The van der Waals surface area contributed by atoms with Crippen molar-refractivity contribution in [3.63, 3.8) is 0 Å². The van der Waals surface area contributed by atoms with Gasteiger partial charge in [0.1, 0.15) is 0 Å². The van der Waals surface area contributed by atoms with E-state index >= 15 is 0 Å². The summed E-state index contributed by atoms with van der Waals surface area (Å²) in [6, 6.07) is 7.40. The van der Waals surface area contributed by atoms with Gasteiger partial charge in [-0.2, -0.15) is 0 Å². The fraction of sp³-hybridized carbons (Fsp3) is 0.467. The molecule has 5 nitrogen and oxygen atoms in total. The highest BCUT2D eigenvalue weighted by molar-refractivity contribution is 5.92. The van der Waals surface area contributed by atoms with Gasteiger partial charge in [0.25, 0.3) is 0 Å². The predicted octanol–water partition coefficient (Wildman–Crippen LogP) is 2.49. The number of hydrogen-bond acceptors (Lipinski definition) is 2. The van der Waals surface area contributed by atoms with Crippen molar-refractivity contribution in [2.45, 2.75) is 32.2 Å². The molecule has 1 aromatic rings. The van der Waals surface area contributed by atoms with Gasteiger partial charge in [0.2, 0.25) is 0 Å². The van der Waals surface area contributed by atoms with Crippen LogP contribution in [0.15, 0.2) is 24.3 Å². The lowest BCUT2D eigenvalue weighted by atomic mass is 10.1. The van der Waals surface area contributed by atoms with Crippen molar-refractivity contribution in [1.82, 2.24) is 4.90 Å². The normalized spacial score (nSPS) is 18.1. The van der Waals surface area contributed by atoms with Gasteiger partial charge < -0.3 is 10.0 Å². The summed E-state index contributed by atoms with van der Waals surface area (Å²) in [6.45, 7) is 2.61. The van der Waals surface area contributed by atoms with Crippen molar-refractivity contribution in [3.05, 3.63) is 29.8 Å². The van der Waals surface area contributed by atoms with E-state index in [0.29, 0.717) is 6.54 Å². The average Bonchev–Trinajstić information content (AvgIpc) is 2.84. The molecule has 1 heterocycles. The molecule has 108 valence electrons. The Kier molecular flexibility index (Phi) is 4.27. The van der Waals surface area contributed by atoms with E-state index in [9.17, 15) is 9.59 Å². The number of aliphatic carboxylic acids is 1. The molecular formula is C15H20N2O3. The predicted molar refractivity (Wildman–Crippen MR) is 77.0 cm³/mol. The Balaban J connectivity index is 2.11. The zero-order valence-electron chi connectivity index (χ0n) is 11.9. The van der Waals surface area contributed by atoms with Crippen LogP contribution in [0.25, 0.3) is 0 Å². The van der Waals surface area contributed by atoms with E-state index in [1.807, 2.05) is 31.2 Å². The molecule has 0 saturated carbocycles. The van der Waals surface area contributed by atoms with Crippen LogP contribution < -0.4 is 4.90 Å². The zero-order chi connectivity index (χ0) is 14.7. The lowest BCUT2D eigenvalue weighted by Crippen LogP contribution is -2.44. The lowest BCUT2D eigenvalue weighted by Gasteiger charge is -2.29. The molecular weight excluding hydrogens is 256 g/mol. The Labute approximate surface area is 118 Å². The van der Waals surface area contributed by atoms with Gasteiger partial charge in [-0.1, -0.05) is 12.1 Å². The molecule has 2 rings (SSSR count). The van der Waals surface area contributed by atoms with E-state index in [1.165, 1.54) is 0 Å². The number of nitrogens with zero attached hydrogens (tertiary/aromatic N) is 2. The molecule has 0 radical (unpaired) electrons. The molecule has 1 fully saturated rings. The van der Waals surface area contributed by atoms with Gasteiger partial charge in [-0.25, -0.2) is 4.79 Å². The van der Waals surface area contributed by atoms with E-state index in [4.69, 9.17) is 5.11 Å². The van der Waals surface area contributed by atoms with Crippen LogP contribution in [0, 0.1) is 6.92 Å². The molecule has 1 aliphatic rings. The largest absolute Gasteiger partial charge is 0.481 e. The van der Waals surface area contributed by atoms with Crippen LogP contribution in [0.3, 0.4) is 0 Å². The summed E-state index contributed by atoms with van der Waals surface area (Å²) < 4.78 is 0. The summed E-state index contributed by atoms with van der Waals surface area (Å²) in [5.74, 6) is -0.854. The molecule has 20 heavy (non-hydrogen) atoms. The second-order valence-corrected chi connectivity index (χ2v) is 5.27. The summed E-state index contributed by atoms with van der Waals surface area (Å²) in [5, 5.41) is 8.91. The number of carbonyl (C=O) groups is 2. The molecule has 0 bridgehead atoms. The number of benzene rings is 1. The average molecular weight is 276 g/mol. The number of aryl methyl sites for hydroxylation is 1. The third kappa shape index (κ3) is 3.10. The quantitative estimate of drug-likeness (QED) is 0.922. The molecule has 1 N–H and O–H groups in total. The van der Waals surface area contributed by atoms with E-state index in [2.05, 4.69) is 0 Å². The fourth-order valence-electron chi connectivity index (χ4n) is 2.64. The third-order valence-electron chi connectivity index (χ3n) is 3.71. The Morgan fingerprint density at radius 3 is 2.85 bits per heavy atom. The highest BCUT2D eigenvalue weighted by Gasteiger charge is 2.32. The summed E-state index contributed by atoms with van der Waals surface area (Å²) in [6.07, 6.45) is 1.65. The first-order chi connectivity index (χ1) is 9.49. The van der Waals surface area contributed by atoms with Crippen molar-refractivity contribution in [2.75, 3.05) is 18.5 Å². The fourth-order valence-corrected chi connectivity index (χ4v) is 2.64. The van der Waals surface area contributed by atoms with Crippen molar-refractivity contribution in [3.8, 4) is 0 Å². The maximum Gasteiger partial charge on any atom is 0.324 e. The molecule has 2 amide bonds. The number of rotatable bonds is 3. The zero-order valence-corrected chi connectivity index (χ0v) is 11.9. The van der Waals surface area contributed by atoms with Crippen LogP contribution in [0.1, 0.15) is 24.8 Å². The second-order valence-electron chi connectivity index (χ2n) is 5.27. The Bertz CT molecular complexity index is 516. The van der Waals surface area contributed by atoms with Gasteiger partial charge in [0.05, 0.1) is 6.42 Å². The summed E-state index contributed by atoms with van der Waals surface area (Å²) in [5.41, 5.74) is 1.92. The van der Waals surface area contributed by atoms with Gasteiger partial charge in [-0.3, -0.25) is 9.69 Å². The standard InChI is InChI=1S/C15H20N2O3/c1-11-5-3-6-12(9-11)16(2)15(20)17-8-4-7-13(17)10-14(18)19/h3,5-6,9,13H,4,7-8,10H2,1-2H3,(H,18,19). The number of carboxylic acids is 1. The number of amides is 2. The van der Waals surface area contributed by atoms with Gasteiger partial charge >= 0.3 is 12.0 Å². The van der Waals surface area contributed by atoms with Crippen LogP contribution in [0.4, 0.5) is 10.5 Å². The molecule has 1 unspecified atom stereocenters. The summed E-state index contributed by atoms with van der Waals surface area (Å²) in [4.78, 5) is 26.6. The Hall–Kier alpha value is -2.04. The number of hydrogen-bond donors (Lipinski definition) is 1. The lowest BCUT2D eigenvalue weighted by molar-refractivity contribution is -0.137. The first kappa shape index (κ1) is 14.4. The molecule has 0 aliphatic carbocycles. The van der Waals surface area contributed by atoms with Crippen molar-refractivity contribution in [1.29, 1.82) is 0 Å². The minimum Gasteiger partial charge on any atom is -0.481 e. The van der Waals surface area contributed by atoms with Gasteiger partial charge in [-0.05, 0) is 37.5 Å². The van der Waals surface area contributed by atoms with E-state index < -0.39 is 5.97 Å². The Morgan fingerprint density at radius 2 is 2.20 bits per heavy atom. The maximum absolute atomic E-state index is 12.5. The van der Waals surface area contributed by atoms with Crippen molar-refractivity contribution >= 4 is 17.7 Å². The minimum absolute atomic E-state index is 0.0212. The smallest absolute Gasteiger partial charge is 0.324 e. The molecule has 1 saturated heterocycles. The summed E-state index contributed by atoms with van der Waals surface area (Å²) in [7, 11) is 1.73. The van der Waals surface area contributed by atoms with Gasteiger partial charge in [-0.15, -0.1) is 0 Å². The molecule has 0 aromatic heterocycles. The first-order valence-electron chi connectivity index (χ1n) is 6.82. The maximum atomic E-state index is 12.5. The summed E-state index contributed by atoms with van der Waals surface area (Å²) >= 11 is 0. The molecule has 1 aromatic carbocycles. The van der Waals surface area contributed by atoms with Crippen molar-refractivity contribution < 1.29 is 14.7 Å². The van der Waals surface area contributed by atoms with E-state index in [1.54, 1.807) is 16.8 Å². The van der Waals surface area contributed by atoms with E-state index in [-0.39, 0.29) is 18.5 Å². The topological polar surface area (TPSA) is 60.9 Å². The van der Waals surface area contributed by atoms with Gasteiger partial charge in [0.15, 0.2) is 0 Å². The molecule has 1 atom stereocenters. The monoisotopic (exact) mass is 276 g/mol. The number of urea groups is 1. The number of carbonyl (C=O) groups excluding carboxylic acids is 1. The minimum atomic E-state index is -0.854.